The number of aromatic nitrogens is 2. The summed E-state index contributed by atoms with van der Waals surface area (Å²) in [5.74, 6) is 1.18. The fourth-order valence-electron chi connectivity index (χ4n) is 5.52. The second-order valence-electron chi connectivity index (χ2n) is 12.0. The van der Waals surface area contributed by atoms with Gasteiger partial charge in [-0.1, -0.05) is 157 Å². The second kappa shape index (κ2) is 19.6. The van der Waals surface area contributed by atoms with Crippen molar-refractivity contribution < 1.29 is 0 Å². The Kier molecular flexibility index (Phi) is 18.3. The Hall–Kier alpha value is -0.440. The molecular formula is C32H62N2S. The summed E-state index contributed by atoms with van der Waals surface area (Å²) in [7, 11) is 0. The molecule has 0 spiro atoms. The van der Waals surface area contributed by atoms with E-state index in [-0.39, 0.29) is 10.8 Å². The normalized spacial score (nSPS) is 15.3. The molecule has 35 heavy (non-hydrogen) atoms. The smallest absolute Gasteiger partial charge is 0.148 e. The Morgan fingerprint density at radius 2 is 0.829 bits per heavy atom. The van der Waals surface area contributed by atoms with Crippen molar-refractivity contribution in [2.75, 3.05) is 0 Å². The van der Waals surface area contributed by atoms with E-state index >= 15 is 0 Å². The lowest BCUT2D eigenvalue weighted by molar-refractivity contribution is 0.338. The third-order valence-corrected chi connectivity index (χ3v) is 9.33. The molecule has 0 aromatic carbocycles. The fourth-order valence-corrected chi connectivity index (χ4v) is 6.51. The molecule has 2 atom stereocenters. The summed E-state index contributed by atoms with van der Waals surface area (Å²) in [6.45, 7) is 14.2. The minimum atomic E-state index is 0.152. The van der Waals surface area contributed by atoms with Gasteiger partial charge < -0.3 is 0 Å². The predicted molar refractivity (Wildman–Crippen MR) is 159 cm³/mol. The van der Waals surface area contributed by atoms with Gasteiger partial charge >= 0.3 is 0 Å². The molecule has 0 aliphatic heterocycles. The first-order valence-corrected chi connectivity index (χ1v) is 16.6. The van der Waals surface area contributed by atoms with E-state index in [0.29, 0.717) is 0 Å². The van der Waals surface area contributed by atoms with Crippen molar-refractivity contribution in [2.24, 2.45) is 0 Å². The van der Waals surface area contributed by atoms with Gasteiger partial charge in [-0.3, -0.25) is 0 Å². The molecule has 1 rings (SSSR count). The van der Waals surface area contributed by atoms with Crippen LogP contribution in [0.1, 0.15) is 194 Å². The molecule has 0 aliphatic rings. The average molecular weight is 507 g/mol. The summed E-state index contributed by atoms with van der Waals surface area (Å²) in [6.07, 6.45) is 29.3. The molecule has 0 aliphatic carbocycles. The molecule has 0 N–H and O–H groups in total. The molecule has 0 saturated carbocycles. The van der Waals surface area contributed by atoms with Gasteiger partial charge in [0.15, 0.2) is 0 Å². The van der Waals surface area contributed by atoms with Gasteiger partial charge in [-0.05, 0) is 37.2 Å². The Morgan fingerprint density at radius 3 is 1.23 bits per heavy atom. The highest BCUT2D eigenvalue weighted by atomic mass is 32.1. The molecule has 0 fully saturated rings. The highest BCUT2D eigenvalue weighted by Gasteiger charge is 2.35. The fraction of sp³-hybridized carbons (Fsp3) is 0.938. The Morgan fingerprint density at radius 1 is 0.486 bits per heavy atom. The lowest BCUT2D eigenvalue weighted by Gasteiger charge is -2.29. The molecule has 206 valence electrons. The van der Waals surface area contributed by atoms with Crippen LogP contribution in [0.3, 0.4) is 0 Å². The van der Waals surface area contributed by atoms with E-state index in [9.17, 15) is 0 Å². The van der Waals surface area contributed by atoms with E-state index in [4.69, 9.17) is 9.36 Å². The molecule has 0 amide bonds. The van der Waals surface area contributed by atoms with Crippen molar-refractivity contribution in [2.45, 2.75) is 194 Å². The molecule has 3 heteroatoms. The highest BCUT2D eigenvalue weighted by Crippen LogP contribution is 2.40. The van der Waals surface area contributed by atoms with Crippen LogP contribution in [0.15, 0.2) is 0 Å². The summed E-state index contributed by atoms with van der Waals surface area (Å²) in [5, 5.41) is 1.34. The zero-order chi connectivity index (χ0) is 25.8. The molecule has 0 saturated heterocycles. The first-order chi connectivity index (χ1) is 17.0. The molecule has 2 unspecified atom stereocenters. The van der Waals surface area contributed by atoms with Crippen LogP contribution in [0.5, 0.6) is 0 Å². The highest BCUT2D eigenvalue weighted by molar-refractivity contribution is 7.05. The van der Waals surface area contributed by atoms with Gasteiger partial charge in [0.2, 0.25) is 0 Å². The average Bonchev–Trinajstić information content (AvgIpc) is 3.37. The molecule has 1 heterocycles. The molecule has 1 aromatic heterocycles. The lowest BCUT2D eigenvalue weighted by Crippen LogP contribution is -2.26. The van der Waals surface area contributed by atoms with Crippen LogP contribution in [0, 0.1) is 0 Å². The van der Waals surface area contributed by atoms with Crippen LogP contribution in [-0.2, 0) is 10.8 Å². The van der Waals surface area contributed by atoms with E-state index in [0.717, 1.165) is 0 Å². The minimum Gasteiger partial charge on any atom is -0.223 e. The minimum absolute atomic E-state index is 0.152. The summed E-state index contributed by atoms with van der Waals surface area (Å²) in [6, 6.07) is 0. The van der Waals surface area contributed by atoms with Crippen molar-refractivity contribution >= 4 is 11.5 Å². The van der Waals surface area contributed by atoms with E-state index in [2.05, 4.69) is 41.5 Å². The van der Waals surface area contributed by atoms with E-state index in [1.807, 2.05) is 0 Å². The third-order valence-electron chi connectivity index (χ3n) is 8.31. The second-order valence-corrected chi connectivity index (χ2v) is 12.7. The molecule has 2 nitrogen and oxygen atoms in total. The SMILES string of the molecule is CCCCCCCC(C)(CCCCCC)c1nsc(C(C)(CCCCCC)CCCCCCC)n1. The van der Waals surface area contributed by atoms with Crippen LogP contribution < -0.4 is 0 Å². The third kappa shape index (κ3) is 13.1. The van der Waals surface area contributed by atoms with Gasteiger partial charge in [-0.25, -0.2) is 4.98 Å². The van der Waals surface area contributed by atoms with Crippen LogP contribution in [0.4, 0.5) is 0 Å². The molecule has 1 aromatic rings. The number of hydrogen-bond acceptors (Lipinski definition) is 3. The van der Waals surface area contributed by atoms with Gasteiger partial charge in [0.25, 0.3) is 0 Å². The molecule has 0 radical (unpaired) electrons. The first-order valence-electron chi connectivity index (χ1n) is 15.8. The maximum Gasteiger partial charge on any atom is 0.148 e. The van der Waals surface area contributed by atoms with Crippen molar-refractivity contribution in [1.82, 2.24) is 9.36 Å². The Labute approximate surface area is 225 Å². The van der Waals surface area contributed by atoms with Crippen molar-refractivity contribution in [3.63, 3.8) is 0 Å². The summed E-state index contributed by atoms with van der Waals surface area (Å²) in [4.78, 5) is 5.39. The number of rotatable bonds is 24. The quantitative estimate of drug-likeness (QED) is 0.130. The van der Waals surface area contributed by atoms with Crippen LogP contribution in [0.25, 0.3) is 0 Å². The van der Waals surface area contributed by atoms with Gasteiger partial charge in [0.1, 0.15) is 10.8 Å². The topological polar surface area (TPSA) is 25.8 Å². The maximum absolute atomic E-state index is 5.39. The maximum atomic E-state index is 5.39. The number of hydrogen-bond donors (Lipinski definition) is 0. The summed E-state index contributed by atoms with van der Waals surface area (Å²) in [5.41, 5.74) is 0.360. The van der Waals surface area contributed by atoms with E-state index in [1.165, 1.54) is 152 Å². The standard InChI is InChI=1S/C32H62N2S/c1-7-11-15-19-23-26-31(5,25-21-17-13-9-3)29-33-30(35-34-29)32(6,27-22-18-14-10-4)28-24-20-16-12-8-2/h7-28H2,1-6H3. The monoisotopic (exact) mass is 506 g/mol. The largest absolute Gasteiger partial charge is 0.223 e. The van der Waals surface area contributed by atoms with Crippen LogP contribution in [-0.4, -0.2) is 9.36 Å². The van der Waals surface area contributed by atoms with E-state index in [1.54, 1.807) is 11.5 Å². The Bertz CT molecular complexity index is 562. The van der Waals surface area contributed by atoms with E-state index < -0.39 is 0 Å². The van der Waals surface area contributed by atoms with Gasteiger partial charge in [0.05, 0.1) is 0 Å². The van der Waals surface area contributed by atoms with Crippen LogP contribution >= 0.6 is 11.5 Å². The predicted octanol–water partition coefficient (Wildman–Crippen LogP) is 11.7. The molecule has 0 bridgehead atoms. The Balaban J connectivity index is 2.95. The van der Waals surface area contributed by atoms with Crippen molar-refractivity contribution in [1.29, 1.82) is 0 Å². The van der Waals surface area contributed by atoms with Gasteiger partial charge in [-0.15, -0.1) is 0 Å². The lowest BCUT2D eigenvalue weighted by atomic mass is 9.78. The van der Waals surface area contributed by atoms with Crippen molar-refractivity contribution in [3.8, 4) is 0 Å². The first kappa shape index (κ1) is 32.6. The van der Waals surface area contributed by atoms with Gasteiger partial charge in [0, 0.05) is 10.8 Å². The summed E-state index contributed by atoms with van der Waals surface area (Å²) < 4.78 is 5.10. The van der Waals surface area contributed by atoms with Crippen LogP contribution in [0.2, 0.25) is 0 Å². The summed E-state index contributed by atoms with van der Waals surface area (Å²) >= 11 is 1.75. The zero-order valence-electron chi connectivity index (χ0n) is 24.9. The van der Waals surface area contributed by atoms with Crippen molar-refractivity contribution in [3.05, 3.63) is 10.8 Å². The zero-order valence-corrected chi connectivity index (χ0v) is 25.7. The molecular weight excluding hydrogens is 444 g/mol. The number of nitrogens with zero attached hydrogens (tertiary/aromatic N) is 2. The van der Waals surface area contributed by atoms with Gasteiger partial charge in [-0.2, -0.15) is 4.37 Å². The number of unbranched alkanes of at least 4 members (excludes halogenated alkanes) is 14.